The molecule has 0 spiro atoms. The third-order valence-electron chi connectivity index (χ3n) is 11.6. The molecule has 0 atom stereocenters. The van der Waals surface area contributed by atoms with Gasteiger partial charge < -0.3 is 4.90 Å². The summed E-state index contributed by atoms with van der Waals surface area (Å²) in [4.78, 5) is 2.47. The molecule has 0 N–H and O–H groups in total. The lowest BCUT2D eigenvalue weighted by Crippen LogP contribution is -2.10. The van der Waals surface area contributed by atoms with Crippen LogP contribution in [0.5, 0.6) is 0 Å². The zero-order valence-corrected chi connectivity index (χ0v) is 32.4. The van der Waals surface area contributed by atoms with E-state index in [0.717, 1.165) is 11.4 Å². The van der Waals surface area contributed by atoms with E-state index in [2.05, 4.69) is 205 Å². The van der Waals surface area contributed by atoms with Gasteiger partial charge in [-0.1, -0.05) is 158 Å². The van der Waals surface area contributed by atoms with Crippen LogP contribution in [0.4, 0.5) is 17.1 Å². The smallest absolute Gasteiger partial charge is 0.0547 e. The molecule has 266 valence electrons. The minimum atomic E-state index is 1.14. The highest BCUT2D eigenvalue weighted by Gasteiger charge is 2.21. The van der Waals surface area contributed by atoms with Crippen molar-refractivity contribution in [1.82, 2.24) is 0 Å². The van der Waals surface area contributed by atoms with Crippen molar-refractivity contribution < 1.29 is 0 Å². The number of fused-ring (bicyclic) bond motifs is 10. The summed E-state index contributed by atoms with van der Waals surface area (Å²) in [7, 11) is 0. The van der Waals surface area contributed by atoms with Gasteiger partial charge in [-0.3, -0.25) is 0 Å². The molecule has 0 amide bonds. The van der Waals surface area contributed by atoms with Gasteiger partial charge >= 0.3 is 0 Å². The molecule has 3 heteroatoms. The highest BCUT2D eigenvalue weighted by molar-refractivity contribution is 7.27. The molecule has 57 heavy (non-hydrogen) atoms. The van der Waals surface area contributed by atoms with Crippen LogP contribution >= 0.6 is 22.7 Å². The fraction of sp³-hybridized carbons (Fsp3) is 0. The molecule has 0 aliphatic heterocycles. The predicted octanol–water partition coefficient (Wildman–Crippen LogP) is 16.7. The summed E-state index contributed by atoms with van der Waals surface area (Å²) in [6.45, 7) is 0. The van der Waals surface area contributed by atoms with E-state index >= 15 is 0 Å². The Morgan fingerprint density at radius 2 is 0.842 bits per heavy atom. The standard InChI is InChI=1S/C54H33NS2/c1-2-14-36(15-3-1)42-20-10-22-46-47-23-11-21-43(53(47)57-52(42)46)39-26-29-51-48(32-39)49-33-50(44-18-8-9-19-45(44)54(49)56-51)55(40-27-24-34-12-4-6-16-37(34)30-40)41-28-25-35-13-5-7-17-38(35)31-41/h1-33H. The molecule has 0 saturated carbocycles. The second-order valence-electron chi connectivity index (χ2n) is 14.9. The Morgan fingerprint density at radius 3 is 1.51 bits per heavy atom. The minimum Gasteiger partial charge on any atom is -0.310 e. The van der Waals surface area contributed by atoms with Gasteiger partial charge in [0.1, 0.15) is 0 Å². The maximum Gasteiger partial charge on any atom is 0.0547 e. The summed E-state index contributed by atoms with van der Waals surface area (Å²) >= 11 is 3.82. The maximum absolute atomic E-state index is 2.47. The van der Waals surface area contributed by atoms with Gasteiger partial charge in [0.15, 0.2) is 0 Å². The SMILES string of the molecule is c1ccc(-c2cccc3c2sc2c(-c4ccc5sc6c7ccccc7c(N(c7ccc8ccccc8c7)c7ccc8ccccc8c7)cc6c5c4)cccc23)cc1. The van der Waals surface area contributed by atoms with Crippen molar-refractivity contribution in [2.24, 2.45) is 0 Å². The molecule has 0 bridgehead atoms. The zero-order chi connectivity index (χ0) is 37.5. The lowest BCUT2D eigenvalue weighted by atomic mass is 9.98. The first-order valence-corrected chi connectivity index (χ1v) is 21.0. The van der Waals surface area contributed by atoms with Gasteiger partial charge in [0.25, 0.3) is 0 Å². The van der Waals surface area contributed by atoms with E-state index in [9.17, 15) is 0 Å². The highest BCUT2D eigenvalue weighted by atomic mass is 32.1. The summed E-state index contributed by atoms with van der Waals surface area (Å²) in [6, 6.07) is 73.9. The number of benzene rings is 10. The largest absolute Gasteiger partial charge is 0.310 e. The number of hydrogen-bond acceptors (Lipinski definition) is 3. The van der Waals surface area contributed by atoms with Crippen molar-refractivity contribution in [3.05, 3.63) is 200 Å². The van der Waals surface area contributed by atoms with E-state index in [-0.39, 0.29) is 0 Å². The van der Waals surface area contributed by atoms with Crippen molar-refractivity contribution in [2.45, 2.75) is 0 Å². The van der Waals surface area contributed by atoms with Crippen molar-refractivity contribution in [1.29, 1.82) is 0 Å². The van der Waals surface area contributed by atoms with Gasteiger partial charge in [-0.2, -0.15) is 0 Å². The summed E-state index contributed by atoms with van der Waals surface area (Å²) in [5.74, 6) is 0. The topological polar surface area (TPSA) is 3.24 Å². The van der Waals surface area contributed by atoms with Crippen LogP contribution in [0.15, 0.2) is 200 Å². The second kappa shape index (κ2) is 12.9. The molecule has 10 aromatic carbocycles. The molecular weight excluding hydrogens is 727 g/mol. The average molecular weight is 760 g/mol. The van der Waals surface area contributed by atoms with E-state index in [1.165, 1.54) is 101 Å². The Hall–Kier alpha value is -6.78. The Bertz CT molecular complexity index is 3460. The van der Waals surface area contributed by atoms with Gasteiger partial charge in [-0.25, -0.2) is 0 Å². The van der Waals surface area contributed by atoms with Crippen LogP contribution in [0.2, 0.25) is 0 Å². The van der Waals surface area contributed by atoms with Gasteiger partial charge in [-0.15, -0.1) is 22.7 Å². The Kier molecular flexibility index (Phi) is 7.34. The first kappa shape index (κ1) is 32.5. The molecule has 1 nitrogen and oxygen atoms in total. The quantitative estimate of drug-likeness (QED) is 0.169. The van der Waals surface area contributed by atoms with E-state index in [0.29, 0.717) is 0 Å². The molecule has 12 aromatic rings. The van der Waals surface area contributed by atoms with Gasteiger partial charge in [0.2, 0.25) is 0 Å². The fourth-order valence-corrected chi connectivity index (χ4v) is 11.5. The van der Waals surface area contributed by atoms with Crippen LogP contribution in [0, 0.1) is 0 Å². The Morgan fingerprint density at radius 1 is 0.298 bits per heavy atom. The van der Waals surface area contributed by atoms with Gasteiger partial charge in [0.05, 0.1) is 5.69 Å². The molecule has 0 aliphatic carbocycles. The molecule has 0 unspecified atom stereocenters. The summed E-state index contributed by atoms with van der Waals surface area (Å²) < 4.78 is 5.30. The van der Waals surface area contributed by atoms with Crippen LogP contribution in [0.3, 0.4) is 0 Å². The maximum atomic E-state index is 2.47. The first-order valence-electron chi connectivity index (χ1n) is 19.4. The summed E-state index contributed by atoms with van der Waals surface area (Å²) in [5.41, 5.74) is 8.53. The van der Waals surface area contributed by atoms with Crippen LogP contribution in [-0.4, -0.2) is 0 Å². The van der Waals surface area contributed by atoms with Crippen molar-refractivity contribution in [2.75, 3.05) is 4.90 Å². The van der Waals surface area contributed by atoms with E-state index in [4.69, 9.17) is 0 Å². The predicted molar refractivity (Wildman–Crippen MR) is 250 cm³/mol. The average Bonchev–Trinajstić information content (AvgIpc) is 3.85. The Balaban J connectivity index is 1.10. The third kappa shape index (κ3) is 5.20. The highest BCUT2D eigenvalue weighted by Crippen LogP contribution is 2.49. The van der Waals surface area contributed by atoms with E-state index < -0.39 is 0 Å². The molecule has 0 aliphatic rings. The fourth-order valence-electron chi connectivity index (χ4n) is 8.88. The summed E-state index contributed by atoms with van der Waals surface area (Å²) in [5, 5.41) is 12.6. The molecule has 2 aromatic heterocycles. The van der Waals surface area contributed by atoms with Crippen molar-refractivity contribution in [3.8, 4) is 22.3 Å². The number of rotatable bonds is 5. The number of anilines is 3. The monoisotopic (exact) mass is 759 g/mol. The molecule has 12 rings (SSSR count). The zero-order valence-electron chi connectivity index (χ0n) is 30.8. The van der Waals surface area contributed by atoms with Crippen LogP contribution < -0.4 is 4.90 Å². The molecule has 0 saturated heterocycles. The molecule has 0 radical (unpaired) electrons. The van der Waals surface area contributed by atoms with E-state index in [1.807, 2.05) is 22.7 Å². The minimum absolute atomic E-state index is 1.14. The van der Waals surface area contributed by atoms with Gasteiger partial charge in [-0.05, 0) is 86.3 Å². The van der Waals surface area contributed by atoms with Crippen LogP contribution in [0.25, 0.3) is 94.9 Å². The second-order valence-corrected chi connectivity index (χ2v) is 16.9. The molecular formula is C54H33NS2. The van der Waals surface area contributed by atoms with Crippen molar-refractivity contribution in [3.63, 3.8) is 0 Å². The third-order valence-corrected chi connectivity index (χ3v) is 14.1. The molecule has 2 heterocycles. The lowest BCUT2D eigenvalue weighted by molar-refractivity contribution is 1.31. The van der Waals surface area contributed by atoms with Crippen molar-refractivity contribution >= 4 is 112 Å². The molecule has 0 fully saturated rings. The van der Waals surface area contributed by atoms with Gasteiger partial charge in [0, 0.05) is 62.5 Å². The normalized spacial score (nSPS) is 11.9. The number of hydrogen-bond donors (Lipinski definition) is 0. The Labute approximate surface area is 337 Å². The number of thiophene rings is 2. The van der Waals surface area contributed by atoms with Crippen LogP contribution in [-0.2, 0) is 0 Å². The first-order chi connectivity index (χ1) is 28.2. The number of nitrogens with zero attached hydrogens (tertiary/aromatic N) is 1. The lowest BCUT2D eigenvalue weighted by Gasteiger charge is -2.28. The summed E-state index contributed by atoms with van der Waals surface area (Å²) in [6.07, 6.45) is 0. The van der Waals surface area contributed by atoms with Crippen LogP contribution in [0.1, 0.15) is 0 Å². The van der Waals surface area contributed by atoms with E-state index in [1.54, 1.807) is 0 Å².